The molecule has 1 aromatic carbocycles. The molecule has 0 fully saturated rings. The number of nitrogens with zero attached hydrogens (tertiary/aromatic N) is 2. The summed E-state index contributed by atoms with van der Waals surface area (Å²) in [4.78, 5) is 14.0. The fourth-order valence-corrected chi connectivity index (χ4v) is 2.56. The molecule has 118 valence electrons. The molecule has 5 nitrogen and oxygen atoms in total. The lowest BCUT2D eigenvalue weighted by Crippen LogP contribution is -2.45. The van der Waals surface area contributed by atoms with Crippen LogP contribution in [0.25, 0.3) is 0 Å². The Kier molecular flexibility index (Phi) is 4.33. The number of aromatic nitrogens is 2. The number of nitrogens with one attached hydrogen (secondary N) is 2. The SMILES string of the molecule is CC(C)NC(=O)N1CCc2[nH]nc(C#Cc3ccccc3)c2C1. The van der Waals surface area contributed by atoms with E-state index in [0.717, 1.165) is 28.9 Å². The first kappa shape index (κ1) is 15.2. The van der Waals surface area contributed by atoms with E-state index in [4.69, 9.17) is 0 Å². The minimum Gasteiger partial charge on any atom is -0.336 e. The summed E-state index contributed by atoms with van der Waals surface area (Å²) >= 11 is 0. The summed E-state index contributed by atoms with van der Waals surface area (Å²) in [5, 5.41) is 10.3. The fourth-order valence-electron chi connectivity index (χ4n) is 2.56. The van der Waals surface area contributed by atoms with Gasteiger partial charge in [0.1, 0.15) is 5.69 Å². The van der Waals surface area contributed by atoms with Gasteiger partial charge in [-0.05, 0) is 31.9 Å². The number of amides is 2. The molecular formula is C18H20N4O. The molecule has 2 amide bonds. The molecule has 2 N–H and O–H groups in total. The number of H-pyrrole nitrogens is 1. The van der Waals surface area contributed by atoms with Crippen molar-refractivity contribution in [3.63, 3.8) is 0 Å². The summed E-state index contributed by atoms with van der Waals surface area (Å²) in [6.45, 7) is 5.16. The molecule has 0 unspecified atom stereocenters. The lowest BCUT2D eigenvalue weighted by molar-refractivity contribution is 0.189. The van der Waals surface area contributed by atoms with Gasteiger partial charge in [-0.25, -0.2) is 4.79 Å². The van der Waals surface area contributed by atoms with Crippen LogP contribution >= 0.6 is 0 Å². The number of aromatic amines is 1. The zero-order valence-electron chi connectivity index (χ0n) is 13.4. The molecule has 1 aliphatic rings. The van der Waals surface area contributed by atoms with Crippen LogP contribution in [0.4, 0.5) is 4.79 Å². The Labute approximate surface area is 136 Å². The molecule has 0 spiro atoms. The third-order valence-electron chi connectivity index (χ3n) is 3.73. The highest BCUT2D eigenvalue weighted by Crippen LogP contribution is 2.20. The van der Waals surface area contributed by atoms with Crippen LogP contribution in [0.5, 0.6) is 0 Å². The van der Waals surface area contributed by atoms with E-state index in [-0.39, 0.29) is 12.1 Å². The van der Waals surface area contributed by atoms with Crippen molar-refractivity contribution in [1.29, 1.82) is 0 Å². The molecule has 0 saturated heterocycles. The lowest BCUT2D eigenvalue weighted by atomic mass is 10.1. The molecule has 0 bridgehead atoms. The highest BCUT2D eigenvalue weighted by atomic mass is 16.2. The number of hydrogen-bond acceptors (Lipinski definition) is 2. The predicted octanol–water partition coefficient (Wildman–Crippen LogP) is 2.29. The van der Waals surface area contributed by atoms with Crippen LogP contribution in [0.3, 0.4) is 0 Å². The average molecular weight is 308 g/mol. The molecule has 2 aromatic rings. The Morgan fingerprint density at radius 2 is 2.09 bits per heavy atom. The zero-order valence-corrected chi connectivity index (χ0v) is 13.4. The number of carbonyl (C=O) groups excluding carboxylic acids is 1. The molecule has 0 radical (unpaired) electrons. The molecule has 2 heterocycles. The van der Waals surface area contributed by atoms with Crippen molar-refractivity contribution in [2.24, 2.45) is 0 Å². The lowest BCUT2D eigenvalue weighted by Gasteiger charge is -2.27. The van der Waals surface area contributed by atoms with E-state index in [2.05, 4.69) is 27.4 Å². The standard InChI is InChI=1S/C18H20N4O/c1-13(2)19-18(23)22-11-10-17-15(12-22)16(20-21-17)9-8-14-6-4-3-5-7-14/h3-7,13H,10-12H2,1-2H3,(H,19,23)(H,20,21). The number of urea groups is 1. The minimum atomic E-state index is -0.0335. The van der Waals surface area contributed by atoms with Crippen LogP contribution in [0.2, 0.25) is 0 Å². The second kappa shape index (κ2) is 6.57. The zero-order chi connectivity index (χ0) is 16.2. The van der Waals surface area contributed by atoms with Crippen LogP contribution in [-0.2, 0) is 13.0 Å². The molecule has 1 aliphatic heterocycles. The Balaban J connectivity index is 1.79. The highest BCUT2D eigenvalue weighted by molar-refractivity contribution is 5.75. The molecule has 3 rings (SSSR count). The third-order valence-corrected chi connectivity index (χ3v) is 3.73. The fraction of sp³-hybridized carbons (Fsp3) is 0.333. The first-order valence-corrected chi connectivity index (χ1v) is 7.82. The number of fused-ring (bicyclic) bond motifs is 1. The van der Waals surface area contributed by atoms with E-state index in [1.54, 1.807) is 0 Å². The maximum Gasteiger partial charge on any atom is 0.317 e. The van der Waals surface area contributed by atoms with Gasteiger partial charge in [0.05, 0.1) is 6.54 Å². The Hall–Kier alpha value is -2.74. The normalized spacial score (nSPS) is 13.3. The summed E-state index contributed by atoms with van der Waals surface area (Å²) in [5.74, 6) is 6.24. The van der Waals surface area contributed by atoms with Gasteiger partial charge < -0.3 is 10.2 Å². The van der Waals surface area contributed by atoms with Crippen molar-refractivity contribution in [2.45, 2.75) is 32.9 Å². The van der Waals surface area contributed by atoms with Gasteiger partial charge in [0.25, 0.3) is 0 Å². The van der Waals surface area contributed by atoms with E-state index in [1.807, 2.05) is 49.1 Å². The number of rotatable bonds is 1. The number of carbonyl (C=O) groups is 1. The first-order chi connectivity index (χ1) is 11.1. The van der Waals surface area contributed by atoms with Crippen LogP contribution in [0, 0.1) is 11.8 Å². The van der Waals surface area contributed by atoms with Gasteiger partial charge >= 0.3 is 6.03 Å². The van der Waals surface area contributed by atoms with Gasteiger partial charge in [0.15, 0.2) is 0 Å². The maximum absolute atomic E-state index is 12.2. The molecule has 0 atom stereocenters. The molecule has 1 aromatic heterocycles. The predicted molar refractivity (Wildman–Crippen MR) is 88.8 cm³/mol. The van der Waals surface area contributed by atoms with Gasteiger partial charge in [-0.1, -0.05) is 24.1 Å². The van der Waals surface area contributed by atoms with Crippen molar-refractivity contribution < 1.29 is 4.79 Å². The Morgan fingerprint density at radius 1 is 1.30 bits per heavy atom. The Bertz CT molecular complexity index is 752. The summed E-state index contributed by atoms with van der Waals surface area (Å²) in [6, 6.07) is 9.92. The Morgan fingerprint density at radius 3 is 2.83 bits per heavy atom. The van der Waals surface area contributed by atoms with Crippen LogP contribution in [-0.4, -0.2) is 33.7 Å². The minimum absolute atomic E-state index is 0.0335. The van der Waals surface area contributed by atoms with E-state index in [1.165, 1.54) is 0 Å². The maximum atomic E-state index is 12.2. The summed E-state index contributed by atoms with van der Waals surface area (Å²) in [7, 11) is 0. The van der Waals surface area contributed by atoms with E-state index < -0.39 is 0 Å². The molecule has 23 heavy (non-hydrogen) atoms. The van der Waals surface area contributed by atoms with Crippen molar-refractivity contribution in [3.8, 4) is 11.8 Å². The summed E-state index contributed by atoms with van der Waals surface area (Å²) < 4.78 is 0. The van der Waals surface area contributed by atoms with E-state index in [0.29, 0.717) is 13.1 Å². The molecular weight excluding hydrogens is 288 g/mol. The summed E-state index contributed by atoms with van der Waals surface area (Å²) in [6.07, 6.45) is 0.779. The van der Waals surface area contributed by atoms with Crippen LogP contribution < -0.4 is 5.32 Å². The second-order valence-corrected chi connectivity index (χ2v) is 5.92. The van der Waals surface area contributed by atoms with Gasteiger partial charge in [0, 0.05) is 35.8 Å². The molecule has 5 heteroatoms. The quantitative estimate of drug-likeness (QED) is 0.794. The average Bonchev–Trinajstić information content (AvgIpc) is 2.95. The second-order valence-electron chi connectivity index (χ2n) is 5.92. The van der Waals surface area contributed by atoms with Gasteiger partial charge in [-0.3, -0.25) is 5.10 Å². The van der Waals surface area contributed by atoms with Gasteiger partial charge in [0.2, 0.25) is 0 Å². The van der Waals surface area contributed by atoms with Crippen molar-refractivity contribution in [2.75, 3.05) is 6.54 Å². The topological polar surface area (TPSA) is 61.0 Å². The highest BCUT2D eigenvalue weighted by Gasteiger charge is 2.24. The largest absolute Gasteiger partial charge is 0.336 e. The van der Waals surface area contributed by atoms with Crippen molar-refractivity contribution >= 4 is 6.03 Å². The molecule has 0 aliphatic carbocycles. The van der Waals surface area contributed by atoms with E-state index in [9.17, 15) is 4.79 Å². The van der Waals surface area contributed by atoms with Crippen LogP contribution in [0.1, 0.15) is 36.4 Å². The van der Waals surface area contributed by atoms with Crippen molar-refractivity contribution in [3.05, 3.63) is 52.8 Å². The molecule has 0 saturated carbocycles. The smallest absolute Gasteiger partial charge is 0.317 e. The monoisotopic (exact) mass is 308 g/mol. The van der Waals surface area contributed by atoms with Gasteiger partial charge in [-0.15, -0.1) is 0 Å². The third kappa shape index (κ3) is 3.54. The van der Waals surface area contributed by atoms with E-state index >= 15 is 0 Å². The number of benzene rings is 1. The summed E-state index contributed by atoms with van der Waals surface area (Å²) in [5.41, 5.74) is 3.79. The number of hydrogen-bond donors (Lipinski definition) is 2. The van der Waals surface area contributed by atoms with Gasteiger partial charge in [-0.2, -0.15) is 5.10 Å². The first-order valence-electron chi connectivity index (χ1n) is 7.82. The van der Waals surface area contributed by atoms with Crippen molar-refractivity contribution in [1.82, 2.24) is 20.4 Å². The van der Waals surface area contributed by atoms with Crippen LogP contribution in [0.15, 0.2) is 30.3 Å².